The fourth-order valence-corrected chi connectivity index (χ4v) is 3.71. The van der Waals surface area contributed by atoms with Crippen molar-refractivity contribution in [3.05, 3.63) is 64.5 Å². The maximum Gasteiger partial charge on any atom is 0.261 e. The Morgan fingerprint density at radius 2 is 2.03 bits per heavy atom. The van der Waals surface area contributed by atoms with Crippen LogP contribution in [0.25, 0.3) is 11.4 Å². The van der Waals surface area contributed by atoms with Crippen molar-refractivity contribution in [2.24, 2.45) is 0 Å². The molecule has 150 valence electrons. The van der Waals surface area contributed by atoms with Crippen molar-refractivity contribution in [1.29, 1.82) is 0 Å². The molecule has 6 nitrogen and oxygen atoms in total. The van der Waals surface area contributed by atoms with Crippen molar-refractivity contribution in [2.45, 2.75) is 45.3 Å². The highest BCUT2D eigenvalue weighted by Crippen LogP contribution is 2.30. The number of hydrogen-bond acceptors (Lipinski definition) is 5. The Kier molecular flexibility index (Phi) is 5.81. The molecule has 1 heterocycles. The molecule has 4 rings (SSSR count). The molecular weight excluding hydrogens is 390 g/mol. The molecule has 3 aromatic rings. The molecule has 0 radical (unpaired) electrons. The van der Waals surface area contributed by atoms with Crippen LogP contribution in [0.3, 0.4) is 0 Å². The second-order valence-electron chi connectivity index (χ2n) is 7.07. The monoisotopic (exact) mass is 411 g/mol. The van der Waals surface area contributed by atoms with Gasteiger partial charge in [0.15, 0.2) is 6.10 Å². The molecule has 1 aromatic heterocycles. The predicted molar refractivity (Wildman–Crippen MR) is 110 cm³/mol. The van der Waals surface area contributed by atoms with E-state index in [-0.39, 0.29) is 12.5 Å². The van der Waals surface area contributed by atoms with Gasteiger partial charge in [0.2, 0.25) is 11.7 Å². The number of aromatic nitrogens is 2. The third-order valence-corrected chi connectivity index (χ3v) is 5.35. The standard InChI is InChI=1S/C22H22ClN3O3/c1-14(28-19-12-6-8-15-7-2-3-9-16(15)19)22(27)24-13-20-25-21(26-29-20)17-10-4-5-11-18(17)23/h4-6,8,10-12,14H,2-3,7,9,13H2,1H3,(H,24,27)/t14-/m0/s1. The molecule has 0 unspecified atom stereocenters. The summed E-state index contributed by atoms with van der Waals surface area (Å²) < 4.78 is 11.2. The Morgan fingerprint density at radius 1 is 1.21 bits per heavy atom. The van der Waals surface area contributed by atoms with Crippen molar-refractivity contribution in [3.8, 4) is 17.1 Å². The van der Waals surface area contributed by atoms with Crippen LogP contribution in [0.5, 0.6) is 5.75 Å². The number of hydrogen-bond donors (Lipinski definition) is 1. The Morgan fingerprint density at radius 3 is 2.90 bits per heavy atom. The minimum Gasteiger partial charge on any atom is -0.481 e. The van der Waals surface area contributed by atoms with Gasteiger partial charge >= 0.3 is 0 Å². The molecule has 7 heteroatoms. The van der Waals surface area contributed by atoms with E-state index in [1.54, 1.807) is 13.0 Å². The van der Waals surface area contributed by atoms with E-state index in [2.05, 4.69) is 21.5 Å². The number of benzene rings is 2. The lowest BCUT2D eigenvalue weighted by Crippen LogP contribution is -2.36. The van der Waals surface area contributed by atoms with Gasteiger partial charge in [0.05, 0.1) is 11.6 Å². The van der Waals surface area contributed by atoms with Crippen LogP contribution in [0.15, 0.2) is 47.0 Å². The Balaban J connectivity index is 1.36. The first-order valence-corrected chi connectivity index (χ1v) is 10.1. The topological polar surface area (TPSA) is 77.2 Å². The summed E-state index contributed by atoms with van der Waals surface area (Å²) in [6.07, 6.45) is 3.78. The first-order valence-electron chi connectivity index (χ1n) is 9.74. The SMILES string of the molecule is C[C@H](Oc1cccc2c1CCCC2)C(=O)NCc1nc(-c2ccccc2Cl)no1. The molecule has 1 aliphatic carbocycles. The molecule has 0 aliphatic heterocycles. The van der Waals surface area contributed by atoms with Crippen LogP contribution in [0.4, 0.5) is 0 Å². The lowest BCUT2D eigenvalue weighted by molar-refractivity contribution is -0.127. The van der Waals surface area contributed by atoms with E-state index in [4.69, 9.17) is 20.9 Å². The quantitative estimate of drug-likeness (QED) is 0.652. The average Bonchev–Trinajstić information content (AvgIpc) is 3.21. The van der Waals surface area contributed by atoms with Gasteiger partial charge in [-0.15, -0.1) is 0 Å². The van der Waals surface area contributed by atoms with Crippen LogP contribution >= 0.6 is 11.6 Å². The highest BCUT2D eigenvalue weighted by molar-refractivity contribution is 6.33. The minimum absolute atomic E-state index is 0.122. The summed E-state index contributed by atoms with van der Waals surface area (Å²) in [6.45, 7) is 1.86. The van der Waals surface area contributed by atoms with Gasteiger partial charge in [-0.3, -0.25) is 4.79 Å². The third kappa shape index (κ3) is 4.43. The summed E-state index contributed by atoms with van der Waals surface area (Å²) in [5.74, 6) is 1.25. The number of nitrogens with zero attached hydrogens (tertiary/aromatic N) is 2. The molecule has 1 amide bonds. The van der Waals surface area contributed by atoms with Gasteiger partial charge in [-0.2, -0.15) is 4.98 Å². The number of carbonyl (C=O) groups is 1. The summed E-state index contributed by atoms with van der Waals surface area (Å²) >= 11 is 6.16. The summed E-state index contributed by atoms with van der Waals surface area (Å²) in [6, 6.07) is 13.3. The number of amides is 1. The number of aryl methyl sites for hydroxylation is 1. The fraction of sp³-hybridized carbons (Fsp3) is 0.318. The van der Waals surface area contributed by atoms with E-state index in [9.17, 15) is 4.79 Å². The number of ether oxygens (including phenoxy) is 1. The molecule has 0 spiro atoms. The summed E-state index contributed by atoms with van der Waals surface area (Å²) in [5.41, 5.74) is 3.22. The second-order valence-corrected chi connectivity index (χ2v) is 7.48. The number of carbonyl (C=O) groups excluding carboxylic acids is 1. The number of halogens is 1. The Bertz CT molecular complexity index is 1020. The second kappa shape index (κ2) is 8.66. The first kappa shape index (κ1) is 19.5. The van der Waals surface area contributed by atoms with E-state index in [0.29, 0.717) is 22.3 Å². The van der Waals surface area contributed by atoms with Gasteiger partial charge in [-0.1, -0.05) is 41.0 Å². The summed E-state index contributed by atoms with van der Waals surface area (Å²) in [7, 11) is 0. The van der Waals surface area contributed by atoms with Crippen molar-refractivity contribution in [1.82, 2.24) is 15.5 Å². The zero-order valence-corrected chi connectivity index (χ0v) is 16.9. The number of rotatable bonds is 6. The van der Waals surface area contributed by atoms with Gasteiger partial charge in [0, 0.05) is 5.56 Å². The molecule has 0 saturated heterocycles. The summed E-state index contributed by atoms with van der Waals surface area (Å²) in [4.78, 5) is 16.8. The first-order chi connectivity index (χ1) is 14.1. The number of nitrogens with one attached hydrogen (secondary N) is 1. The van der Waals surface area contributed by atoms with E-state index in [1.165, 1.54) is 17.5 Å². The van der Waals surface area contributed by atoms with Gasteiger partial charge in [0.25, 0.3) is 5.91 Å². The minimum atomic E-state index is -0.630. The zero-order chi connectivity index (χ0) is 20.2. The van der Waals surface area contributed by atoms with Gasteiger partial charge < -0.3 is 14.6 Å². The van der Waals surface area contributed by atoms with Crippen LogP contribution in [0, 0.1) is 0 Å². The van der Waals surface area contributed by atoms with Gasteiger partial charge in [-0.05, 0) is 61.9 Å². The van der Waals surface area contributed by atoms with E-state index < -0.39 is 6.10 Å². The van der Waals surface area contributed by atoms with Crippen LogP contribution in [0.2, 0.25) is 5.02 Å². The summed E-state index contributed by atoms with van der Waals surface area (Å²) in [5, 5.41) is 7.26. The van der Waals surface area contributed by atoms with Crippen LogP contribution in [0.1, 0.15) is 36.8 Å². The number of fused-ring (bicyclic) bond motifs is 1. The van der Waals surface area contributed by atoms with Crippen LogP contribution < -0.4 is 10.1 Å². The van der Waals surface area contributed by atoms with E-state index in [1.807, 2.05) is 30.3 Å². The van der Waals surface area contributed by atoms with Crippen LogP contribution in [-0.4, -0.2) is 22.2 Å². The molecule has 1 aliphatic rings. The lowest BCUT2D eigenvalue weighted by atomic mass is 9.91. The Hall–Kier alpha value is -2.86. The van der Waals surface area contributed by atoms with E-state index in [0.717, 1.165) is 25.0 Å². The van der Waals surface area contributed by atoms with Crippen LogP contribution in [-0.2, 0) is 24.2 Å². The average molecular weight is 412 g/mol. The van der Waals surface area contributed by atoms with Crippen molar-refractivity contribution in [2.75, 3.05) is 0 Å². The molecule has 0 saturated carbocycles. The van der Waals surface area contributed by atoms with E-state index >= 15 is 0 Å². The van der Waals surface area contributed by atoms with Crippen molar-refractivity contribution in [3.63, 3.8) is 0 Å². The van der Waals surface area contributed by atoms with Crippen molar-refractivity contribution < 1.29 is 14.1 Å². The molecule has 2 aromatic carbocycles. The van der Waals surface area contributed by atoms with Gasteiger partial charge in [-0.25, -0.2) is 0 Å². The molecule has 29 heavy (non-hydrogen) atoms. The maximum absolute atomic E-state index is 12.5. The third-order valence-electron chi connectivity index (χ3n) is 5.02. The predicted octanol–water partition coefficient (Wildman–Crippen LogP) is 4.35. The fourth-order valence-electron chi connectivity index (χ4n) is 3.49. The molecule has 1 atom stereocenters. The maximum atomic E-state index is 12.5. The Labute approximate surface area is 174 Å². The lowest BCUT2D eigenvalue weighted by Gasteiger charge is -2.21. The molecule has 0 bridgehead atoms. The largest absolute Gasteiger partial charge is 0.481 e. The molecule has 1 N–H and O–H groups in total. The van der Waals surface area contributed by atoms with Crippen molar-refractivity contribution >= 4 is 17.5 Å². The zero-order valence-electron chi connectivity index (χ0n) is 16.2. The molecule has 0 fully saturated rings. The highest BCUT2D eigenvalue weighted by atomic mass is 35.5. The van der Waals surface area contributed by atoms with Gasteiger partial charge in [0.1, 0.15) is 5.75 Å². The highest BCUT2D eigenvalue weighted by Gasteiger charge is 2.20. The molecular formula is C22H22ClN3O3. The smallest absolute Gasteiger partial charge is 0.261 e. The normalized spacial score (nSPS) is 14.1.